The summed E-state index contributed by atoms with van der Waals surface area (Å²) < 4.78 is 74.1. The average molecular weight is 582 g/mol. The Balaban J connectivity index is 1.99. The van der Waals surface area contributed by atoms with Gasteiger partial charge >= 0.3 is 12.7 Å². The van der Waals surface area contributed by atoms with Crippen molar-refractivity contribution < 1.29 is 45.8 Å². The third-order valence-electron chi connectivity index (χ3n) is 5.62. The molecule has 0 spiro atoms. The average Bonchev–Trinajstić information content (AvgIpc) is 3.30. The maximum Gasteiger partial charge on any atom is 0.405 e. The van der Waals surface area contributed by atoms with Crippen molar-refractivity contribution in [1.29, 1.82) is 0 Å². The highest BCUT2D eigenvalue weighted by molar-refractivity contribution is 5.94. The lowest BCUT2D eigenvalue weighted by Gasteiger charge is -2.24. The zero-order valence-corrected chi connectivity index (χ0v) is 22.9. The summed E-state index contributed by atoms with van der Waals surface area (Å²) in [6, 6.07) is 7.08. The second-order valence-electron chi connectivity index (χ2n) is 10.1. The molecule has 41 heavy (non-hydrogen) atoms. The molecule has 1 atom stereocenters. The Morgan fingerprint density at radius 1 is 1.10 bits per heavy atom. The molecule has 0 radical (unpaired) electrons. The molecule has 13 heteroatoms. The predicted octanol–water partition coefficient (Wildman–Crippen LogP) is 6.17. The monoisotopic (exact) mass is 581 g/mol. The Morgan fingerprint density at radius 3 is 2.44 bits per heavy atom. The van der Waals surface area contributed by atoms with Crippen LogP contribution in [-0.2, 0) is 11.2 Å². The van der Waals surface area contributed by atoms with E-state index >= 15 is 0 Å². The van der Waals surface area contributed by atoms with Crippen molar-refractivity contribution in [3.8, 4) is 23.0 Å². The third-order valence-corrected chi connectivity index (χ3v) is 5.62. The highest BCUT2D eigenvalue weighted by Gasteiger charge is 2.33. The van der Waals surface area contributed by atoms with E-state index in [1.807, 2.05) is 20.8 Å². The normalized spacial score (nSPS) is 12.2. The van der Waals surface area contributed by atoms with Crippen LogP contribution < -0.4 is 20.5 Å². The van der Waals surface area contributed by atoms with Crippen LogP contribution in [0.1, 0.15) is 62.0 Å². The number of benzene rings is 2. The summed E-state index contributed by atoms with van der Waals surface area (Å²) in [7, 11) is 0. The van der Waals surface area contributed by atoms with E-state index in [0.29, 0.717) is 0 Å². The lowest BCUT2D eigenvalue weighted by Crippen LogP contribution is -2.29. The van der Waals surface area contributed by atoms with Gasteiger partial charge in [0.15, 0.2) is 29.1 Å². The van der Waals surface area contributed by atoms with Crippen LogP contribution in [0, 0.1) is 17.0 Å². The molecular formula is C28H31F4N3O6. The largest absolute Gasteiger partial charge is 0.490 e. The zero-order chi connectivity index (χ0) is 30.3. The Hall–Kier alpha value is -4.29. The molecule has 1 unspecified atom stereocenters. The van der Waals surface area contributed by atoms with Gasteiger partial charge in [-0.25, -0.2) is 18.6 Å². The number of oxazole rings is 1. The number of carbonyl (C=O) groups is 2. The fourth-order valence-electron chi connectivity index (χ4n) is 3.94. The summed E-state index contributed by atoms with van der Waals surface area (Å²) in [6.07, 6.45) is -1.99. The molecule has 0 aliphatic rings. The number of aromatic nitrogens is 1. The molecule has 0 fully saturated rings. The SMILES string of the molecule is CCOc1cc(-c2nc(C(=O)NCCc3ccc(F)cc3F)c(C(CC(C)(C)C)OC(N)=O)o2)ccc1OC(F)F. The van der Waals surface area contributed by atoms with Crippen molar-refractivity contribution in [2.75, 3.05) is 13.2 Å². The summed E-state index contributed by atoms with van der Waals surface area (Å²) in [5, 5.41) is 2.61. The first kappa shape index (κ1) is 31.2. The second-order valence-corrected chi connectivity index (χ2v) is 10.1. The number of nitrogens with two attached hydrogens (primary N) is 1. The van der Waals surface area contributed by atoms with Gasteiger partial charge in [-0.3, -0.25) is 4.79 Å². The fourth-order valence-corrected chi connectivity index (χ4v) is 3.94. The number of ether oxygens (including phenoxy) is 3. The third kappa shape index (κ3) is 8.85. The number of nitrogens with one attached hydrogen (secondary N) is 1. The molecule has 9 nitrogen and oxygen atoms in total. The van der Waals surface area contributed by atoms with Gasteiger partial charge in [-0.05, 0) is 55.0 Å². The number of amides is 2. The number of nitrogens with zero attached hydrogens (tertiary/aromatic N) is 1. The molecule has 3 rings (SSSR count). The van der Waals surface area contributed by atoms with E-state index in [9.17, 15) is 27.2 Å². The highest BCUT2D eigenvalue weighted by atomic mass is 19.3. The molecule has 3 aromatic rings. The number of primary amides is 1. The Bertz CT molecular complexity index is 1370. The van der Waals surface area contributed by atoms with Gasteiger partial charge in [0, 0.05) is 18.2 Å². The van der Waals surface area contributed by atoms with Crippen LogP contribution in [-0.4, -0.2) is 36.7 Å². The first-order valence-electron chi connectivity index (χ1n) is 12.7. The molecule has 0 bridgehead atoms. The van der Waals surface area contributed by atoms with Crippen LogP contribution in [0.4, 0.5) is 22.4 Å². The first-order chi connectivity index (χ1) is 19.3. The molecular weight excluding hydrogens is 550 g/mol. The smallest absolute Gasteiger partial charge is 0.405 e. The van der Waals surface area contributed by atoms with Crippen molar-refractivity contribution in [2.45, 2.75) is 53.3 Å². The number of carbonyl (C=O) groups excluding carboxylic acids is 2. The number of hydrogen-bond donors (Lipinski definition) is 2. The molecule has 0 aliphatic carbocycles. The minimum absolute atomic E-state index is 0.0167. The molecule has 1 aromatic heterocycles. The molecule has 2 amide bonds. The van der Waals surface area contributed by atoms with Crippen molar-refractivity contribution >= 4 is 12.0 Å². The number of halogens is 4. The zero-order valence-electron chi connectivity index (χ0n) is 22.9. The van der Waals surface area contributed by atoms with Crippen molar-refractivity contribution in [3.63, 3.8) is 0 Å². The Kier molecular flexibility index (Phi) is 10.2. The topological polar surface area (TPSA) is 126 Å². The van der Waals surface area contributed by atoms with E-state index in [1.54, 1.807) is 6.92 Å². The van der Waals surface area contributed by atoms with Gasteiger partial charge in [-0.2, -0.15) is 8.78 Å². The van der Waals surface area contributed by atoms with Crippen LogP contribution in [0.15, 0.2) is 40.8 Å². The van der Waals surface area contributed by atoms with E-state index in [-0.39, 0.29) is 66.0 Å². The Labute approximate surface area is 234 Å². The maximum absolute atomic E-state index is 14.0. The van der Waals surface area contributed by atoms with Crippen LogP contribution in [0.2, 0.25) is 0 Å². The van der Waals surface area contributed by atoms with Crippen LogP contribution in [0.25, 0.3) is 11.5 Å². The van der Waals surface area contributed by atoms with E-state index in [1.165, 1.54) is 24.3 Å². The first-order valence-corrected chi connectivity index (χ1v) is 12.7. The quantitative estimate of drug-likeness (QED) is 0.245. The van der Waals surface area contributed by atoms with Crippen molar-refractivity contribution in [2.24, 2.45) is 11.1 Å². The van der Waals surface area contributed by atoms with Crippen molar-refractivity contribution in [3.05, 3.63) is 65.1 Å². The van der Waals surface area contributed by atoms with Gasteiger partial charge in [0.2, 0.25) is 5.89 Å². The highest BCUT2D eigenvalue weighted by Crippen LogP contribution is 2.38. The van der Waals surface area contributed by atoms with Gasteiger partial charge < -0.3 is 29.7 Å². The summed E-state index contributed by atoms with van der Waals surface area (Å²) >= 11 is 0. The predicted molar refractivity (Wildman–Crippen MR) is 140 cm³/mol. The lowest BCUT2D eigenvalue weighted by molar-refractivity contribution is -0.0514. The van der Waals surface area contributed by atoms with E-state index in [4.69, 9.17) is 19.6 Å². The minimum Gasteiger partial charge on any atom is -0.490 e. The number of alkyl halides is 2. The second kappa shape index (κ2) is 13.4. The number of rotatable bonds is 12. The van der Waals surface area contributed by atoms with Crippen molar-refractivity contribution in [1.82, 2.24) is 10.3 Å². The van der Waals surface area contributed by atoms with Gasteiger partial charge in [0.05, 0.1) is 6.61 Å². The van der Waals surface area contributed by atoms with Gasteiger partial charge in [0.25, 0.3) is 5.91 Å². The van der Waals surface area contributed by atoms with E-state index in [0.717, 1.165) is 12.1 Å². The lowest BCUT2D eigenvalue weighted by atomic mass is 9.88. The standard InChI is InChI=1S/C28H31F4N3O6/c1-5-38-20-12-16(7-9-19(20)39-26(31)32)25-35-22(23(41-25)21(40-27(33)37)14-28(2,3)4)24(36)34-11-10-15-6-8-17(29)13-18(15)30/h6-9,12-13,21,26H,5,10-11,14H2,1-4H3,(H2,33,37)(H,34,36). The molecule has 3 N–H and O–H groups in total. The molecule has 0 aliphatic heterocycles. The molecule has 0 saturated heterocycles. The molecule has 1 heterocycles. The van der Waals surface area contributed by atoms with E-state index in [2.05, 4.69) is 15.0 Å². The molecule has 2 aromatic carbocycles. The number of hydrogen-bond acceptors (Lipinski definition) is 7. The van der Waals surface area contributed by atoms with Gasteiger partial charge in [-0.1, -0.05) is 26.8 Å². The molecule has 0 saturated carbocycles. The summed E-state index contributed by atoms with van der Waals surface area (Å²) in [5.41, 5.74) is 5.07. The van der Waals surface area contributed by atoms with E-state index < -0.39 is 41.8 Å². The minimum atomic E-state index is -3.09. The summed E-state index contributed by atoms with van der Waals surface area (Å²) in [6.45, 7) is 4.27. The molecule has 222 valence electrons. The Morgan fingerprint density at radius 2 is 1.83 bits per heavy atom. The van der Waals surface area contributed by atoms with Gasteiger partial charge in [0.1, 0.15) is 11.6 Å². The van der Waals surface area contributed by atoms with Gasteiger partial charge in [-0.15, -0.1) is 0 Å². The fraction of sp³-hybridized carbons (Fsp3) is 0.393. The van der Waals surface area contributed by atoms with Crippen LogP contribution in [0.5, 0.6) is 11.5 Å². The van der Waals surface area contributed by atoms with Crippen LogP contribution >= 0.6 is 0 Å². The summed E-state index contributed by atoms with van der Waals surface area (Å²) in [5.74, 6) is -2.66. The van der Waals surface area contributed by atoms with Crippen LogP contribution in [0.3, 0.4) is 0 Å². The maximum atomic E-state index is 14.0. The summed E-state index contributed by atoms with van der Waals surface area (Å²) in [4.78, 5) is 29.3.